The maximum atomic E-state index is 11.5. The number of rotatable bonds is 4. The minimum Gasteiger partial charge on any atom is -0.496 e. The van der Waals surface area contributed by atoms with Crippen molar-refractivity contribution in [1.82, 2.24) is 4.57 Å². The molecule has 0 unspecified atom stereocenters. The van der Waals surface area contributed by atoms with E-state index in [1.807, 2.05) is 6.07 Å². The summed E-state index contributed by atoms with van der Waals surface area (Å²) in [6.07, 6.45) is 3.16. The van der Waals surface area contributed by atoms with Crippen molar-refractivity contribution in [3.63, 3.8) is 0 Å². The van der Waals surface area contributed by atoms with Gasteiger partial charge in [0.1, 0.15) is 5.75 Å². The highest BCUT2D eigenvalue weighted by atomic mass is 16.5. The molecule has 0 fully saturated rings. The van der Waals surface area contributed by atoms with Crippen LogP contribution in [0.4, 0.5) is 0 Å². The van der Waals surface area contributed by atoms with Crippen LogP contribution in [0.5, 0.6) is 5.75 Å². The summed E-state index contributed by atoms with van der Waals surface area (Å²) in [5, 5.41) is 0. The quantitative estimate of drug-likeness (QED) is 0.732. The second-order valence-corrected chi connectivity index (χ2v) is 3.39. The normalized spacial score (nSPS) is 10.2. The zero-order chi connectivity index (χ0) is 10.6. The summed E-state index contributed by atoms with van der Waals surface area (Å²) < 4.78 is 6.74. The Bertz CT molecular complexity index is 355. The number of aryl methyl sites for hydroxylation is 1. The van der Waals surface area contributed by atoms with E-state index in [0.717, 1.165) is 25.0 Å². The highest BCUT2D eigenvalue weighted by molar-refractivity contribution is 5.23. The number of unbranched alkanes of at least 4 members (excludes halogenated alkanes) is 1. The molecule has 1 aromatic rings. The highest BCUT2D eigenvalue weighted by Gasteiger charge is 2.02. The first-order chi connectivity index (χ1) is 6.69. The number of hydrogen-bond acceptors (Lipinski definition) is 2. The van der Waals surface area contributed by atoms with Crippen LogP contribution >= 0.6 is 0 Å². The number of aromatic nitrogens is 1. The van der Waals surface area contributed by atoms with Crippen molar-refractivity contribution in [2.24, 2.45) is 7.05 Å². The van der Waals surface area contributed by atoms with Gasteiger partial charge >= 0.3 is 0 Å². The van der Waals surface area contributed by atoms with Gasteiger partial charge in [0.25, 0.3) is 5.56 Å². The molecule has 0 aliphatic rings. The molecule has 0 aliphatic heterocycles. The summed E-state index contributed by atoms with van der Waals surface area (Å²) in [5.74, 6) is 0.652. The Morgan fingerprint density at radius 3 is 2.71 bits per heavy atom. The lowest BCUT2D eigenvalue weighted by Crippen LogP contribution is -2.19. The van der Waals surface area contributed by atoms with Gasteiger partial charge in [-0.3, -0.25) is 4.79 Å². The number of ether oxygens (including phenoxy) is 1. The molecular weight excluding hydrogens is 178 g/mol. The molecule has 0 spiro atoms. The SMILES string of the molecule is CCCCc1cc(OC)cc(=O)n1C. The minimum absolute atomic E-state index is 0.00421. The molecule has 0 aliphatic carbocycles. The van der Waals surface area contributed by atoms with Crippen molar-refractivity contribution >= 4 is 0 Å². The van der Waals surface area contributed by atoms with Crippen molar-refractivity contribution in [3.8, 4) is 5.75 Å². The maximum absolute atomic E-state index is 11.5. The lowest BCUT2D eigenvalue weighted by molar-refractivity contribution is 0.411. The van der Waals surface area contributed by atoms with Crippen LogP contribution in [0.1, 0.15) is 25.5 Å². The molecule has 0 bridgehead atoms. The van der Waals surface area contributed by atoms with E-state index in [1.165, 1.54) is 6.07 Å². The Balaban J connectivity index is 3.01. The first kappa shape index (κ1) is 10.8. The van der Waals surface area contributed by atoms with Gasteiger partial charge in [-0.2, -0.15) is 0 Å². The van der Waals surface area contributed by atoms with Crippen LogP contribution in [0.3, 0.4) is 0 Å². The van der Waals surface area contributed by atoms with Gasteiger partial charge in [-0.15, -0.1) is 0 Å². The predicted octanol–water partition coefficient (Wildman–Crippen LogP) is 1.74. The van der Waals surface area contributed by atoms with Gasteiger partial charge in [0, 0.05) is 18.8 Å². The lowest BCUT2D eigenvalue weighted by Gasteiger charge is -2.09. The van der Waals surface area contributed by atoms with Crippen LogP contribution in [0.2, 0.25) is 0 Å². The molecule has 3 heteroatoms. The van der Waals surface area contributed by atoms with Gasteiger partial charge < -0.3 is 9.30 Å². The molecule has 78 valence electrons. The van der Waals surface area contributed by atoms with E-state index in [1.54, 1.807) is 18.7 Å². The van der Waals surface area contributed by atoms with Gasteiger partial charge in [0.15, 0.2) is 0 Å². The van der Waals surface area contributed by atoms with E-state index in [2.05, 4.69) is 6.92 Å². The fourth-order valence-corrected chi connectivity index (χ4v) is 1.38. The Morgan fingerprint density at radius 2 is 2.14 bits per heavy atom. The molecule has 0 saturated carbocycles. The Morgan fingerprint density at radius 1 is 1.43 bits per heavy atom. The van der Waals surface area contributed by atoms with Crippen LogP contribution in [-0.4, -0.2) is 11.7 Å². The van der Waals surface area contributed by atoms with Gasteiger partial charge in [0.05, 0.1) is 7.11 Å². The molecule has 1 aromatic heterocycles. The molecule has 1 heterocycles. The number of methoxy groups -OCH3 is 1. The van der Waals surface area contributed by atoms with Gasteiger partial charge in [0.2, 0.25) is 0 Å². The molecule has 1 rings (SSSR count). The molecule has 0 radical (unpaired) electrons. The summed E-state index contributed by atoms with van der Waals surface area (Å²) in [6, 6.07) is 3.44. The largest absolute Gasteiger partial charge is 0.496 e. The van der Waals surface area contributed by atoms with Crippen molar-refractivity contribution in [2.75, 3.05) is 7.11 Å². The number of nitrogens with zero attached hydrogens (tertiary/aromatic N) is 1. The molecule has 0 saturated heterocycles. The monoisotopic (exact) mass is 195 g/mol. The average molecular weight is 195 g/mol. The first-order valence-electron chi connectivity index (χ1n) is 4.93. The summed E-state index contributed by atoms with van der Waals surface area (Å²) in [5.41, 5.74) is 1.03. The molecular formula is C11H17NO2. The Hall–Kier alpha value is -1.25. The second kappa shape index (κ2) is 4.84. The van der Waals surface area contributed by atoms with E-state index in [-0.39, 0.29) is 5.56 Å². The molecule has 3 nitrogen and oxygen atoms in total. The summed E-state index contributed by atoms with van der Waals surface area (Å²) in [4.78, 5) is 11.5. The number of hydrogen-bond donors (Lipinski definition) is 0. The number of pyridine rings is 1. The predicted molar refractivity (Wildman–Crippen MR) is 56.8 cm³/mol. The summed E-state index contributed by atoms with van der Waals surface area (Å²) in [7, 11) is 3.38. The summed E-state index contributed by atoms with van der Waals surface area (Å²) >= 11 is 0. The fraction of sp³-hybridized carbons (Fsp3) is 0.545. The first-order valence-corrected chi connectivity index (χ1v) is 4.93. The average Bonchev–Trinajstić information content (AvgIpc) is 2.20. The standard InChI is InChI=1S/C11H17NO2/c1-4-5-6-9-7-10(14-3)8-11(13)12(9)2/h7-8H,4-6H2,1-3H3. The third-order valence-corrected chi connectivity index (χ3v) is 2.36. The van der Waals surface area contributed by atoms with E-state index in [9.17, 15) is 4.79 Å². The molecule has 0 amide bonds. The third-order valence-electron chi connectivity index (χ3n) is 2.36. The lowest BCUT2D eigenvalue weighted by atomic mass is 10.2. The Labute approximate surface area is 84.3 Å². The van der Waals surface area contributed by atoms with E-state index >= 15 is 0 Å². The fourth-order valence-electron chi connectivity index (χ4n) is 1.38. The molecule has 0 atom stereocenters. The van der Waals surface area contributed by atoms with Crippen LogP contribution in [0, 0.1) is 0 Å². The van der Waals surface area contributed by atoms with Crippen LogP contribution in [0.15, 0.2) is 16.9 Å². The van der Waals surface area contributed by atoms with Gasteiger partial charge in [-0.25, -0.2) is 0 Å². The summed E-state index contributed by atoms with van der Waals surface area (Å²) in [6.45, 7) is 2.14. The van der Waals surface area contributed by atoms with Crippen LogP contribution < -0.4 is 10.3 Å². The van der Waals surface area contributed by atoms with E-state index in [4.69, 9.17) is 4.74 Å². The molecule has 0 aromatic carbocycles. The second-order valence-electron chi connectivity index (χ2n) is 3.39. The third kappa shape index (κ3) is 2.37. The Kier molecular flexibility index (Phi) is 3.74. The highest BCUT2D eigenvalue weighted by Crippen LogP contribution is 2.11. The van der Waals surface area contributed by atoms with Crippen LogP contribution in [-0.2, 0) is 13.5 Å². The van der Waals surface area contributed by atoms with E-state index in [0.29, 0.717) is 5.75 Å². The van der Waals surface area contributed by atoms with Crippen LogP contribution in [0.25, 0.3) is 0 Å². The molecule has 0 N–H and O–H groups in total. The smallest absolute Gasteiger partial charge is 0.254 e. The zero-order valence-electron chi connectivity index (χ0n) is 9.04. The topological polar surface area (TPSA) is 31.2 Å². The van der Waals surface area contributed by atoms with Crippen molar-refractivity contribution in [2.45, 2.75) is 26.2 Å². The van der Waals surface area contributed by atoms with Gasteiger partial charge in [-0.05, 0) is 18.9 Å². The van der Waals surface area contributed by atoms with Crippen molar-refractivity contribution in [3.05, 3.63) is 28.2 Å². The maximum Gasteiger partial charge on any atom is 0.254 e. The minimum atomic E-state index is -0.00421. The van der Waals surface area contributed by atoms with Crippen molar-refractivity contribution in [1.29, 1.82) is 0 Å². The van der Waals surface area contributed by atoms with Gasteiger partial charge in [-0.1, -0.05) is 13.3 Å². The van der Waals surface area contributed by atoms with E-state index < -0.39 is 0 Å². The van der Waals surface area contributed by atoms with Crippen molar-refractivity contribution < 1.29 is 4.74 Å². The molecule has 14 heavy (non-hydrogen) atoms. The zero-order valence-corrected chi connectivity index (χ0v) is 9.04.